The zero-order valence-electron chi connectivity index (χ0n) is 14.3. The molecule has 7 nitrogen and oxygen atoms in total. The standard InChI is InChI=1S/C19H16N4O3/c1-12-3-5-16(13(2)7-12)19-21-15(10-25-19)9-23-8-14(4-6-17(23)24)18-22-20-11-26-18/h3-8,10-11H,9H2,1-2H3. The summed E-state index contributed by atoms with van der Waals surface area (Å²) in [5.41, 5.74) is 4.39. The third kappa shape index (κ3) is 3.06. The fourth-order valence-electron chi connectivity index (χ4n) is 2.81. The lowest BCUT2D eigenvalue weighted by Crippen LogP contribution is -2.19. The highest BCUT2D eigenvalue weighted by molar-refractivity contribution is 5.59. The summed E-state index contributed by atoms with van der Waals surface area (Å²) in [6.45, 7) is 4.35. The van der Waals surface area contributed by atoms with E-state index in [4.69, 9.17) is 8.83 Å². The molecule has 26 heavy (non-hydrogen) atoms. The maximum atomic E-state index is 12.2. The number of aryl methyl sites for hydroxylation is 2. The van der Waals surface area contributed by atoms with Crippen molar-refractivity contribution in [2.45, 2.75) is 20.4 Å². The molecule has 3 heterocycles. The van der Waals surface area contributed by atoms with Crippen molar-refractivity contribution in [1.29, 1.82) is 0 Å². The average molecular weight is 348 g/mol. The lowest BCUT2D eigenvalue weighted by molar-refractivity contribution is 0.566. The third-order valence-corrected chi connectivity index (χ3v) is 4.09. The van der Waals surface area contributed by atoms with Crippen molar-refractivity contribution >= 4 is 0 Å². The highest BCUT2D eigenvalue weighted by Gasteiger charge is 2.11. The number of rotatable bonds is 4. The van der Waals surface area contributed by atoms with E-state index < -0.39 is 0 Å². The van der Waals surface area contributed by atoms with Gasteiger partial charge in [0, 0.05) is 17.8 Å². The van der Waals surface area contributed by atoms with Crippen LogP contribution in [0.4, 0.5) is 0 Å². The Bertz CT molecular complexity index is 1110. The van der Waals surface area contributed by atoms with E-state index in [0.29, 0.717) is 23.0 Å². The second-order valence-electron chi connectivity index (χ2n) is 6.09. The first-order valence-electron chi connectivity index (χ1n) is 8.09. The number of hydrogen-bond donors (Lipinski definition) is 0. The van der Waals surface area contributed by atoms with Crippen molar-refractivity contribution in [2.24, 2.45) is 0 Å². The first-order valence-corrected chi connectivity index (χ1v) is 8.09. The monoisotopic (exact) mass is 348 g/mol. The van der Waals surface area contributed by atoms with E-state index >= 15 is 0 Å². The molecule has 7 heteroatoms. The largest absolute Gasteiger partial charge is 0.444 e. The molecule has 0 aliphatic heterocycles. The minimum absolute atomic E-state index is 0.149. The Kier molecular flexibility index (Phi) is 3.96. The van der Waals surface area contributed by atoms with Gasteiger partial charge in [-0.05, 0) is 31.5 Å². The quantitative estimate of drug-likeness (QED) is 0.563. The van der Waals surface area contributed by atoms with Crippen LogP contribution in [0.2, 0.25) is 0 Å². The zero-order valence-corrected chi connectivity index (χ0v) is 14.3. The van der Waals surface area contributed by atoms with Gasteiger partial charge < -0.3 is 13.4 Å². The van der Waals surface area contributed by atoms with E-state index in [1.165, 1.54) is 22.6 Å². The van der Waals surface area contributed by atoms with Gasteiger partial charge in [-0.2, -0.15) is 0 Å². The van der Waals surface area contributed by atoms with Gasteiger partial charge in [0.25, 0.3) is 5.56 Å². The topological polar surface area (TPSA) is 87.0 Å². The summed E-state index contributed by atoms with van der Waals surface area (Å²) >= 11 is 0. The summed E-state index contributed by atoms with van der Waals surface area (Å²) in [6, 6.07) is 9.20. The fourth-order valence-corrected chi connectivity index (χ4v) is 2.81. The summed E-state index contributed by atoms with van der Waals surface area (Å²) in [5, 5.41) is 7.51. The second kappa shape index (κ2) is 6.44. The molecule has 0 spiro atoms. The summed E-state index contributed by atoms with van der Waals surface area (Å²) in [5.74, 6) is 0.897. The molecule has 0 atom stereocenters. The van der Waals surface area contributed by atoms with E-state index in [1.54, 1.807) is 18.5 Å². The van der Waals surface area contributed by atoms with Gasteiger partial charge in [-0.15, -0.1) is 10.2 Å². The van der Waals surface area contributed by atoms with Crippen molar-refractivity contribution in [3.05, 3.63) is 76.4 Å². The summed E-state index contributed by atoms with van der Waals surface area (Å²) in [6.07, 6.45) is 4.49. The molecule has 0 aliphatic carbocycles. The molecule has 0 amide bonds. The first kappa shape index (κ1) is 16.0. The highest BCUT2D eigenvalue weighted by Crippen LogP contribution is 2.24. The molecule has 0 fully saturated rings. The van der Waals surface area contributed by atoms with Gasteiger partial charge >= 0.3 is 0 Å². The third-order valence-electron chi connectivity index (χ3n) is 4.09. The second-order valence-corrected chi connectivity index (χ2v) is 6.09. The Morgan fingerprint density at radius 3 is 2.73 bits per heavy atom. The summed E-state index contributed by atoms with van der Waals surface area (Å²) in [7, 11) is 0. The molecule has 0 aliphatic rings. The minimum Gasteiger partial charge on any atom is -0.444 e. The molecular formula is C19H16N4O3. The van der Waals surface area contributed by atoms with Crippen LogP contribution in [0.3, 0.4) is 0 Å². The first-order chi connectivity index (χ1) is 12.6. The summed E-state index contributed by atoms with van der Waals surface area (Å²) in [4.78, 5) is 16.7. The zero-order chi connectivity index (χ0) is 18.1. The van der Waals surface area contributed by atoms with Gasteiger partial charge in [0.1, 0.15) is 6.26 Å². The van der Waals surface area contributed by atoms with Crippen molar-refractivity contribution in [3.8, 4) is 22.9 Å². The molecule has 1 aromatic carbocycles. The van der Waals surface area contributed by atoms with E-state index in [2.05, 4.69) is 21.2 Å². The molecule has 130 valence electrons. The van der Waals surface area contributed by atoms with Crippen molar-refractivity contribution in [3.63, 3.8) is 0 Å². The Labute approximate surface area is 149 Å². The van der Waals surface area contributed by atoms with Crippen molar-refractivity contribution < 1.29 is 8.83 Å². The van der Waals surface area contributed by atoms with Crippen LogP contribution < -0.4 is 5.56 Å². The molecule has 3 aromatic heterocycles. The molecule has 0 N–H and O–H groups in total. The molecule has 0 saturated carbocycles. The predicted octanol–water partition coefficient (Wildman–Crippen LogP) is 3.22. The fraction of sp³-hybridized carbons (Fsp3) is 0.158. The smallest absolute Gasteiger partial charge is 0.250 e. The van der Waals surface area contributed by atoms with Gasteiger partial charge in [0.15, 0.2) is 0 Å². The van der Waals surface area contributed by atoms with Gasteiger partial charge in [-0.3, -0.25) is 4.79 Å². The number of nitrogens with zero attached hydrogens (tertiary/aromatic N) is 4. The van der Waals surface area contributed by atoms with Crippen molar-refractivity contribution in [1.82, 2.24) is 19.7 Å². The molecule has 4 aromatic rings. The number of benzene rings is 1. The van der Waals surface area contributed by atoms with E-state index in [0.717, 1.165) is 11.1 Å². The number of pyridine rings is 1. The Morgan fingerprint density at radius 2 is 1.96 bits per heavy atom. The maximum absolute atomic E-state index is 12.2. The van der Waals surface area contributed by atoms with Crippen LogP contribution in [0.1, 0.15) is 16.8 Å². The molecule has 4 rings (SSSR count). The molecule has 0 unspecified atom stereocenters. The van der Waals surface area contributed by atoms with E-state index in [-0.39, 0.29) is 12.1 Å². The normalized spacial score (nSPS) is 11.0. The summed E-state index contributed by atoms with van der Waals surface area (Å²) < 4.78 is 12.3. The number of hydrogen-bond acceptors (Lipinski definition) is 6. The SMILES string of the molecule is Cc1ccc(-c2nc(Cn3cc(-c4nnco4)ccc3=O)co2)c(C)c1. The van der Waals surface area contributed by atoms with E-state index in [1.807, 2.05) is 26.0 Å². The Morgan fingerprint density at radius 1 is 1.08 bits per heavy atom. The number of aromatic nitrogens is 4. The molecular weight excluding hydrogens is 332 g/mol. The van der Waals surface area contributed by atoms with Crippen LogP contribution in [-0.4, -0.2) is 19.7 Å². The van der Waals surface area contributed by atoms with Crippen LogP contribution in [0.25, 0.3) is 22.9 Å². The van der Waals surface area contributed by atoms with Gasteiger partial charge in [0.05, 0.1) is 17.8 Å². The molecule has 0 radical (unpaired) electrons. The van der Waals surface area contributed by atoms with Crippen LogP contribution in [-0.2, 0) is 6.54 Å². The van der Waals surface area contributed by atoms with Crippen LogP contribution in [0, 0.1) is 13.8 Å². The van der Waals surface area contributed by atoms with Crippen molar-refractivity contribution in [2.75, 3.05) is 0 Å². The van der Waals surface area contributed by atoms with Crippen LogP contribution >= 0.6 is 0 Å². The van der Waals surface area contributed by atoms with Gasteiger partial charge in [-0.1, -0.05) is 17.7 Å². The van der Waals surface area contributed by atoms with Crippen LogP contribution in [0.15, 0.2) is 62.8 Å². The van der Waals surface area contributed by atoms with Gasteiger partial charge in [-0.25, -0.2) is 4.98 Å². The van der Waals surface area contributed by atoms with E-state index in [9.17, 15) is 4.79 Å². The maximum Gasteiger partial charge on any atom is 0.250 e. The Hall–Kier alpha value is -3.48. The molecule has 0 bridgehead atoms. The Balaban J connectivity index is 1.63. The lowest BCUT2D eigenvalue weighted by Gasteiger charge is -2.04. The highest BCUT2D eigenvalue weighted by atomic mass is 16.4. The van der Waals surface area contributed by atoms with Gasteiger partial charge in [0.2, 0.25) is 18.2 Å². The number of oxazole rings is 1. The average Bonchev–Trinajstić information content (AvgIpc) is 3.29. The van der Waals surface area contributed by atoms with Crippen LogP contribution in [0.5, 0.6) is 0 Å². The lowest BCUT2D eigenvalue weighted by atomic mass is 10.1. The molecule has 0 saturated heterocycles. The predicted molar refractivity (Wildman–Crippen MR) is 94.5 cm³/mol. The minimum atomic E-state index is -0.149.